The molecule has 1 spiro atoms. The first-order valence-corrected chi connectivity index (χ1v) is 18.0. The number of carbonyl (C=O) groups is 3. The number of urea groups is 1. The van der Waals surface area contributed by atoms with Crippen LogP contribution in [0.15, 0.2) is 53.5 Å². The number of nitrogens with one attached hydrogen (secondary N) is 4. The van der Waals surface area contributed by atoms with E-state index in [0.29, 0.717) is 58.5 Å². The summed E-state index contributed by atoms with van der Waals surface area (Å²) in [5.41, 5.74) is 4.45. The Morgan fingerprint density at radius 1 is 0.940 bits per heavy atom. The van der Waals surface area contributed by atoms with Crippen LogP contribution in [0.1, 0.15) is 61.6 Å². The second-order valence-corrected chi connectivity index (χ2v) is 14.7. The number of likely N-dealkylation sites (tertiary alicyclic amines) is 3. The molecule has 264 valence electrons. The molecule has 3 fully saturated rings. The highest BCUT2D eigenvalue weighted by atomic mass is 16.2. The third-order valence-corrected chi connectivity index (χ3v) is 11.5. The molecular formula is C38H48N8O4. The molecule has 4 aromatic rings. The van der Waals surface area contributed by atoms with Crippen molar-refractivity contribution >= 4 is 39.7 Å². The van der Waals surface area contributed by atoms with Gasteiger partial charge >= 0.3 is 6.03 Å². The van der Waals surface area contributed by atoms with Gasteiger partial charge < -0.3 is 30.3 Å². The molecule has 3 aliphatic rings. The van der Waals surface area contributed by atoms with E-state index in [1.807, 2.05) is 60.0 Å². The number of hydrogen-bond donors (Lipinski definition) is 4. The third kappa shape index (κ3) is 6.73. The number of para-hydroxylation sites is 1. The zero-order chi connectivity index (χ0) is 35.0. The van der Waals surface area contributed by atoms with Crippen molar-refractivity contribution in [3.63, 3.8) is 0 Å². The number of nitrogens with zero attached hydrogens (tertiary/aromatic N) is 4. The van der Waals surface area contributed by atoms with Crippen LogP contribution in [0.2, 0.25) is 0 Å². The number of carbonyl (C=O) groups excluding carboxylic acids is 3. The van der Waals surface area contributed by atoms with Crippen molar-refractivity contribution < 1.29 is 14.4 Å². The average molecular weight is 681 g/mol. The summed E-state index contributed by atoms with van der Waals surface area (Å²) in [5.74, 6) is 0.104. The first-order chi connectivity index (χ1) is 24.1. The number of fused-ring (bicyclic) bond motifs is 2. The highest BCUT2D eigenvalue weighted by Crippen LogP contribution is 2.41. The molecule has 5 heterocycles. The molecule has 7 rings (SSSR count). The standard InChI is InChI=1S/C38H48N8O4/c1-24-18-26(19-29-22-40-43-33(24)29)20-32(36(49)46-17-12-38(23-46)10-15-44(16-11-38)35(48)25(2)39-3)42-37(50)45-13-8-27(9-14-45)30-21-28-6-4-5-7-31(28)41-34(30)47/h4-7,18-19,21-22,25,27,32,39H,8-17,20,23H2,1-3H3,(H,40,43)(H,41,47)(H,42,50)/t25-,32?/m1/s1. The van der Waals surface area contributed by atoms with E-state index in [0.717, 1.165) is 57.8 Å². The first-order valence-electron chi connectivity index (χ1n) is 18.0. The molecule has 1 unspecified atom stereocenters. The number of pyridine rings is 1. The number of benzene rings is 2. The molecule has 3 aliphatic heterocycles. The molecule has 0 bridgehead atoms. The molecule has 4 N–H and O–H groups in total. The number of hydrogen-bond acceptors (Lipinski definition) is 6. The van der Waals surface area contributed by atoms with Gasteiger partial charge in [-0.3, -0.25) is 19.5 Å². The number of likely N-dealkylation sites (N-methyl/N-ethyl adjacent to an activating group) is 1. The van der Waals surface area contributed by atoms with E-state index in [-0.39, 0.29) is 40.8 Å². The quantitative estimate of drug-likeness (QED) is 0.235. The van der Waals surface area contributed by atoms with E-state index < -0.39 is 6.04 Å². The Morgan fingerprint density at radius 3 is 2.40 bits per heavy atom. The Labute approximate surface area is 292 Å². The maximum absolute atomic E-state index is 14.3. The van der Waals surface area contributed by atoms with Crippen LogP contribution in [0.5, 0.6) is 0 Å². The van der Waals surface area contributed by atoms with Crippen LogP contribution in [-0.4, -0.2) is 106 Å². The van der Waals surface area contributed by atoms with E-state index in [1.54, 1.807) is 18.1 Å². The number of aromatic amines is 2. The van der Waals surface area contributed by atoms with Crippen molar-refractivity contribution in [2.45, 2.75) is 70.4 Å². The molecule has 50 heavy (non-hydrogen) atoms. The molecule has 2 aromatic heterocycles. The van der Waals surface area contributed by atoms with E-state index in [4.69, 9.17) is 0 Å². The summed E-state index contributed by atoms with van der Waals surface area (Å²) >= 11 is 0. The van der Waals surface area contributed by atoms with Crippen molar-refractivity contribution in [1.29, 1.82) is 0 Å². The van der Waals surface area contributed by atoms with Crippen LogP contribution in [0.4, 0.5) is 4.79 Å². The van der Waals surface area contributed by atoms with Crippen molar-refractivity contribution in [2.75, 3.05) is 46.3 Å². The molecule has 4 amide bonds. The van der Waals surface area contributed by atoms with Gasteiger partial charge in [-0.15, -0.1) is 0 Å². The fraction of sp³-hybridized carbons (Fsp3) is 0.500. The number of amides is 4. The molecular weight excluding hydrogens is 632 g/mol. The van der Waals surface area contributed by atoms with Gasteiger partial charge in [-0.25, -0.2) is 4.79 Å². The number of H-pyrrole nitrogens is 2. The fourth-order valence-electron chi connectivity index (χ4n) is 8.32. The number of aryl methyl sites for hydroxylation is 1. The van der Waals surface area contributed by atoms with Gasteiger partial charge in [0.1, 0.15) is 6.04 Å². The summed E-state index contributed by atoms with van der Waals surface area (Å²) in [4.78, 5) is 62.5. The molecule has 3 saturated heterocycles. The summed E-state index contributed by atoms with van der Waals surface area (Å²) in [6.07, 6.45) is 6.11. The van der Waals surface area contributed by atoms with Crippen LogP contribution in [0.25, 0.3) is 21.8 Å². The fourth-order valence-corrected chi connectivity index (χ4v) is 8.32. The summed E-state index contributed by atoms with van der Waals surface area (Å²) in [6.45, 7) is 7.55. The minimum absolute atomic E-state index is 0.0152. The number of rotatable bonds is 7. The van der Waals surface area contributed by atoms with Crippen molar-refractivity contribution in [2.24, 2.45) is 5.41 Å². The molecule has 12 nitrogen and oxygen atoms in total. The Morgan fingerprint density at radius 2 is 1.66 bits per heavy atom. The van der Waals surface area contributed by atoms with Gasteiger partial charge in [0.05, 0.1) is 17.8 Å². The number of piperidine rings is 2. The highest BCUT2D eigenvalue weighted by Gasteiger charge is 2.44. The zero-order valence-electron chi connectivity index (χ0n) is 29.3. The number of aromatic nitrogens is 3. The van der Waals surface area contributed by atoms with Crippen LogP contribution in [0.3, 0.4) is 0 Å². The summed E-state index contributed by atoms with van der Waals surface area (Å²) < 4.78 is 0. The van der Waals surface area contributed by atoms with Crippen molar-refractivity contribution in [3.8, 4) is 0 Å². The monoisotopic (exact) mass is 680 g/mol. The van der Waals surface area contributed by atoms with E-state index in [2.05, 4.69) is 31.9 Å². The lowest BCUT2D eigenvalue weighted by Gasteiger charge is -2.40. The lowest BCUT2D eigenvalue weighted by atomic mass is 9.77. The zero-order valence-corrected chi connectivity index (χ0v) is 29.3. The molecule has 0 radical (unpaired) electrons. The van der Waals surface area contributed by atoms with E-state index >= 15 is 0 Å². The largest absolute Gasteiger partial charge is 0.341 e. The topological polar surface area (TPSA) is 147 Å². The minimum atomic E-state index is -0.736. The van der Waals surface area contributed by atoms with Gasteiger partial charge in [-0.05, 0) is 99.0 Å². The van der Waals surface area contributed by atoms with Crippen LogP contribution in [-0.2, 0) is 16.0 Å². The first kappa shape index (κ1) is 33.8. The predicted molar refractivity (Wildman–Crippen MR) is 193 cm³/mol. The lowest BCUT2D eigenvalue weighted by molar-refractivity contribution is -0.136. The van der Waals surface area contributed by atoms with Gasteiger partial charge in [0.25, 0.3) is 5.56 Å². The van der Waals surface area contributed by atoms with Crippen LogP contribution >= 0.6 is 0 Å². The Kier molecular flexibility index (Phi) is 9.38. The third-order valence-electron chi connectivity index (χ3n) is 11.5. The lowest BCUT2D eigenvalue weighted by Crippen LogP contribution is -2.54. The van der Waals surface area contributed by atoms with Gasteiger partial charge in [0.2, 0.25) is 11.8 Å². The maximum atomic E-state index is 14.3. The highest BCUT2D eigenvalue weighted by molar-refractivity contribution is 5.88. The molecule has 2 aromatic carbocycles. The van der Waals surface area contributed by atoms with Crippen molar-refractivity contribution in [1.82, 2.24) is 40.5 Å². The van der Waals surface area contributed by atoms with Gasteiger partial charge in [0.15, 0.2) is 0 Å². The normalized spacial score (nSPS) is 19.3. The Bertz CT molecular complexity index is 1950. The van der Waals surface area contributed by atoms with E-state index in [1.165, 1.54) is 0 Å². The minimum Gasteiger partial charge on any atom is -0.341 e. The summed E-state index contributed by atoms with van der Waals surface area (Å²) in [6, 6.07) is 12.6. The van der Waals surface area contributed by atoms with Crippen LogP contribution < -0.4 is 16.2 Å². The Balaban J connectivity index is 1.04. The summed E-state index contributed by atoms with van der Waals surface area (Å²) in [7, 11) is 1.80. The second kappa shape index (κ2) is 13.9. The van der Waals surface area contributed by atoms with Crippen LogP contribution in [0, 0.1) is 12.3 Å². The van der Waals surface area contributed by atoms with Crippen molar-refractivity contribution in [3.05, 3.63) is 75.7 Å². The maximum Gasteiger partial charge on any atom is 0.318 e. The smallest absolute Gasteiger partial charge is 0.318 e. The van der Waals surface area contributed by atoms with Gasteiger partial charge in [-0.1, -0.05) is 24.3 Å². The second-order valence-electron chi connectivity index (χ2n) is 14.7. The van der Waals surface area contributed by atoms with Gasteiger partial charge in [0, 0.05) is 62.2 Å². The SMILES string of the molecule is CN[C@H](C)C(=O)N1CCC2(CCN(C(=O)C(Cc3cc(C)c4[nH]ncc4c3)NC(=O)N3CCC(c4cc5ccccc5[nH]c4=O)CC3)C2)CC1. The summed E-state index contributed by atoms with van der Waals surface area (Å²) in [5, 5.41) is 15.4. The molecule has 12 heteroatoms. The van der Waals surface area contributed by atoms with Gasteiger partial charge in [-0.2, -0.15) is 5.10 Å². The average Bonchev–Trinajstić information content (AvgIpc) is 3.78. The molecule has 0 saturated carbocycles. The molecule has 2 atom stereocenters. The van der Waals surface area contributed by atoms with E-state index in [9.17, 15) is 19.2 Å². The predicted octanol–water partition coefficient (Wildman–Crippen LogP) is 3.66. The molecule has 0 aliphatic carbocycles. The Hall–Kier alpha value is -4.71.